The van der Waals surface area contributed by atoms with Gasteiger partial charge in [-0.25, -0.2) is 13.3 Å². The third-order valence-corrected chi connectivity index (χ3v) is 9.65. The van der Waals surface area contributed by atoms with Gasteiger partial charge in [0.25, 0.3) is 5.91 Å². The number of likely N-dealkylation sites (tertiary alicyclic amines) is 1. The van der Waals surface area contributed by atoms with Crippen LogP contribution >= 0.6 is 0 Å². The molecule has 1 amide bonds. The Labute approximate surface area is 241 Å². The van der Waals surface area contributed by atoms with Gasteiger partial charge < -0.3 is 20.3 Å². The maximum Gasteiger partial charge on any atom is 0.255 e. The van der Waals surface area contributed by atoms with Gasteiger partial charge in [-0.3, -0.25) is 4.79 Å². The Morgan fingerprint density at radius 2 is 1.93 bits per heavy atom. The average Bonchev–Trinajstić information content (AvgIpc) is 3.38. The lowest BCUT2D eigenvalue weighted by Crippen LogP contribution is -2.41. The van der Waals surface area contributed by atoms with Crippen molar-refractivity contribution in [1.29, 1.82) is 0 Å². The van der Waals surface area contributed by atoms with Gasteiger partial charge >= 0.3 is 0 Å². The van der Waals surface area contributed by atoms with Gasteiger partial charge in [0, 0.05) is 53.4 Å². The fourth-order valence-corrected chi connectivity index (χ4v) is 7.20. The number of benzene rings is 2. The van der Waals surface area contributed by atoms with Crippen molar-refractivity contribution >= 4 is 22.3 Å². The predicted molar refractivity (Wildman–Crippen MR) is 156 cm³/mol. The number of carbonyl (C=O) groups excluding carboxylic acids is 1. The van der Waals surface area contributed by atoms with E-state index in [9.17, 15) is 14.3 Å². The molecular formula is C33H31F2N5O2. The normalized spacial score (nSPS) is 21.7. The number of piperidine rings is 1. The molecule has 3 atom stereocenters. The number of aryl methyl sites for hydroxylation is 1. The highest BCUT2D eigenvalue weighted by molar-refractivity contribution is 5.95. The maximum atomic E-state index is 15.7. The molecule has 2 unspecified atom stereocenters. The highest BCUT2D eigenvalue weighted by atomic mass is 19.1. The van der Waals surface area contributed by atoms with Crippen molar-refractivity contribution in [2.24, 2.45) is 17.6 Å². The Balaban J connectivity index is 1.24. The van der Waals surface area contributed by atoms with Crippen molar-refractivity contribution in [2.45, 2.75) is 51.2 Å². The number of carbonyl (C=O) groups is 1. The summed E-state index contributed by atoms with van der Waals surface area (Å²) in [5, 5.41) is 15.7. The highest BCUT2D eigenvalue weighted by Crippen LogP contribution is 2.40. The molecular weight excluding hydrogens is 536 g/mol. The molecule has 4 heterocycles. The number of hydrogen-bond acceptors (Lipinski definition) is 4. The maximum absolute atomic E-state index is 15.7. The molecule has 3 aromatic heterocycles. The summed E-state index contributed by atoms with van der Waals surface area (Å²) in [5.74, 6) is -0.898. The molecule has 2 bridgehead atoms. The summed E-state index contributed by atoms with van der Waals surface area (Å²) < 4.78 is 34.2. The number of hydrogen-bond donors (Lipinski definition) is 2. The van der Waals surface area contributed by atoms with Crippen molar-refractivity contribution in [3.8, 4) is 28.3 Å². The predicted octanol–water partition coefficient (Wildman–Crippen LogP) is 5.89. The van der Waals surface area contributed by atoms with E-state index in [1.54, 1.807) is 23.2 Å². The van der Waals surface area contributed by atoms with E-state index in [1.807, 2.05) is 31.2 Å². The zero-order chi connectivity index (χ0) is 28.9. The summed E-state index contributed by atoms with van der Waals surface area (Å²) in [6, 6.07) is 13.7. The molecule has 2 aromatic carbocycles. The number of halogens is 2. The summed E-state index contributed by atoms with van der Waals surface area (Å²) in [7, 11) is 0. The number of fused-ring (bicyclic) bond motifs is 4. The van der Waals surface area contributed by atoms with Crippen molar-refractivity contribution in [2.75, 3.05) is 6.54 Å². The number of pyridine rings is 1. The topological polar surface area (TPSA) is 88.8 Å². The summed E-state index contributed by atoms with van der Waals surface area (Å²) in [6.07, 6.45) is 5.81. The molecule has 8 rings (SSSR count). The molecule has 3 aliphatic rings. The summed E-state index contributed by atoms with van der Waals surface area (Å²) in [4.78, 5) is 15.3. The first kappa shape index (κ1) is 25.5. The average molecular weight is 568 g/mol. The van der Waals surface area contributed by atoms with Crippen molar-refractivity contribution in [3.63, 3.8) is 0 Å². The Kier molecular flexibility index (Phi) is 5.54. The van der Waals surface area contributed by atoms with Crippen molar-refractivity contribution in [3.05, 3.63) is 77.5 Å². The van der Waals surface area contributed by atoms with Gasteiger partial charge in [-0.15, -0.1) is 0 Å². The fraction of sp³-hybridized carbons (Fsp3) is 0.333. The van der Waals surface area contributed by atoms with Crippen LogP contribution in [0.1, 0.15) is 41.6 Å². The van der Waals surface area contributed by atoms with E-state index >= 15 is 4.39 Å². The Morgan fingerprint density at radius 3 is 2.67 bits per heavy atom. The number of nitrogens with zero attached hydrogens (tertiary/aromatic N) is 4. The molecule has 9 heteroatoms. The number of aromatic hydroxyl groups is 1. The number of amides is 1. The van der Waals surface area contributed by atoms with Crippen LogP contribution < -0.4 is 5.73 Å². The lowest BCUT2D eigenvalue weighted by Gasteiger charge is -2.27. The second kappa shape index (κ2) is 9.13. The number of aromatic nitrogens is 3. The van der Waals surface area contributed by atoms with Gasteiger partial charge in [0.15, 0.2) is 11.6 Å². The second-order valence-electron chi connectivity index (χ2n) is 12.3. The van der Waals surface area contributed by atoms with Crippen LogP contribution in [0.15, 0.2) is 54.7 Å². The minimum atomic E-state index is -0.655. The van der Waals surface area contributed by atoms with Crippen LogP contribution in [0.25, 0.3) is 38.9 Å². The number of nitrogens with two attached hydrogens (primary N) is 1. The van der Waals surface area contributed by atoms with E-state index in [4.69, 9.17) is 10.8 Å². The van der Waals surface area contributed by atoms with Crippen LogP contribution in [-0.2, 0) is 6.54 Å². The van der Waals surface area contributed by atoms with Gasteiger partial charge in [0.1, 0.15) is 17.0 Å². The molecule has 5 aromatic rings. The van der Waals surface area contributed by atoms with Crippen LogP contribution in [0.5, 0.6) is 5.75 Å². The molecule has 3 fully saturated rings. The second-order valence-corrected chi connectivity index (χ2v) is 12.3. The highest BCUT2D eigenvalue weighted by Gasteiger charge is 2.47. The number of phenolic OH excluding ortho intramolecular Hbond substituents is 1. The molecule has 0 radical (unpaired) electrons. The van der Waals surface area contributed by atoms with E-state index in [-0.39, 0.29) is 29.3 Å². The molecule has 0 spiro atoms. The lowest BCUT2D eigenvalue weighted by atomic mass is 10.0. The van der Waals surface area contributed by atoms with Gasteiger partial charge in [-0.2, -0.15) is 5.10 Å². The zero-order valence-corrected chi connectivity index (χ0v) is 23.2. The Hall–Kier alpha value is -4.24. The molecule has 214 valence electrons. The van der Waals surface area contributed by atoms with Crippen LogP contribution in [0.2, 0.25) is 0 Å². The van der Waals surface area contributed by atoms with E-state index in [0.29, 0.717) is 46.3 Å². The van der Waals surface area contributed by atoms with E-state index in [2.05, 4.69) is 4.57 Å². The van der Waals surface area contributed by atoms with Crippen LogP contribution in [0.3, 0.4) is 0 Å². The molecule has 1 saturated heterocycles. The van der Waals surface area contributed by atoms with Gasteiger partial charge in [0.2, 0.25) is 0 Å². The lowest BCUT2D eigenvalue weighted by molar-refractivity contribution is 0.0699. The summed E-state index contributed by atoms with van der Waals surface area (Å²) >= 11 is 0. The molecule has 7 nitrogen and oxygen atoms in total. The first-order valence-corrected chi connectivity index (χ1v) is 14.6. The largest absolute Gasteiger partial charge is 0.505 e. The molecule has 3 N–H and O–H groups in total. The number of phenols is 1. The number of rotatable bonds is 5. The first-order valence-electron chi connectivity index (χ1n) is 14.6. The Bertz CT molecular complexity index is 1920. The van der Waals surface area contributed by atoms with Crippen LogP contribution in [0.4, 0.5) is 8.78 Å². The minimum Gasteiger partial charge on any atom is -0.505 e. The minimum absolute atomic E-state index is 0.00697. The standard InChI is InChI=1S/C33H31F2N5O2/c1-17-31(37-40-16-22(11-24(34)32(17)40)33(42)39-15-21-9-10-25(39)30(21)36)27-13-20-8-7-19(23-3-2-4-28(41)29(23)35)12-26(20)38(27)14-18-5-6-18/h2-4,7-8,11-13,16,18,21,25,30,41H,5-6,9-10,14-15,36H2,1H3/t21?,25?,30-/m1/s1. The van der Waals surface area contributed by atoms with E-state index < -0.39 is 11.6 Å². The molecule has 2 saturated carbocycles. The first-order chi connectivity index (χ1) is 20.3. The van der Waals surface area contributed by atoms with Gasteiger partial charge in [-0.1, -0.05) is 24.3 Å². The molecule has 2 aliphatic carbocycles. The third-order valence-electron chi connectivity index (χ3n) is 9.65. The van der Waals surface area contributed by atoms with Crippen molar-refractivity contribution < 1.29 is 18.7 Å². The summed E-state index contributed by atoms with van der Waals surface area (Å²) in [6.45, 7) is 3.24. The van der Waals surface area contributed by atoms with E-state index in [0.717, 1.165) is 48.8 Å². The monoisotopic (exact) mass is 567 g/mol. The fourth-order valence-electron chi connectivity index (χ4n) is 7.20. The Morgan fingerprint density at radius 1 is 1.10 bits per heavy atom. The van der Waals surface area contributed by atoms with Crippen molar-refractivity contribution in [1.82, 2.24) is 19.1 Å². The quantitative estimate of drug-likeness (QED) is 0.277. The van der Waals surface area contributed by atoms with Crippen LogP contribution in [-0.4, -0.2) is 48.7 Å². The third kappa shape index (κ3) is 3.79. The molecule has 42 heavy (non-hydrogen) atoms. The SMILES string of the molecule is Cc1c(-c2cc3ccc(-c4cccc(O)c4F)cc3n2CC2CC2)nn2cc(C(=O)N3CC4CCC3[C@@H]4N)cc(F)c12. The molecule has 1 aliphatic heterocycles. The van der Waals surface area contributed by atoms with Gasteiger partial charge in [0.05, 0.1) is 11.3 Å². The zero-order valence-electron chi connectivity index (χ0n) is 23.2. The van der Waals surface area contributed by atoms with Crippen LogP contribution in [0, 0.1) is 30.4 Å². The van der Waals surface area contributed by atoms with E-state index in [1.165, 1.54) is 16.6 Å². The summed E-state index contributed by atoms with van der Waals surface area (Å²) in [5.41, 5.74) is 11.0. The smallest absolute Gasteiger partial charge is 0.255 e. The van der Waals surface area contributed by atoms with Gasteiger partial charge in [-0.05, 0) is 74.3 Å².